The van der Waals surface area contributed by atoms with Crippen LogP contribution in [0.1, 0.15) is 17.4 Å². The lowest BCUT2D eigenvalue weighted by atomic mass is 10.3. The number of aliphatic hydroxyl groups is 1. The van der Waals surface area contributed by atoms with Gasteiger partial charge in [0.05, 0.1) is 6.10 Å². The average Bonchev–Trinajstić information content (AvgIpc) is 2.14. The van der Waals surface area contributed by atoms with Crippen molar-refractivity contribution in [2.45, 2.75) is 13.0 Å². The molecule has 4 nitrogen and oxygen atoms in total. The summed E-state index contributed by atoms with van der Waals surface area (Å²) in [5.41, 5.74) is 0.248. The minimum Gasteiger partial charge on any atom is -0.392 e. The zero-order valence-electron chi connectivity index (χ0n) is 7.70. The minimum atomic E-state index is -0.571. The first-order chi connectivity index (χ1) is 6.59. The second-order valence-electron chi connectivity index (χ2n) is 2.92. The van der Waals surface area contributed by atoms with E-state index in [2.05, 4.69) is 10.3 Å². The van der Waals surface area contributed by atoms with Gasteiger partial charge in [0, 0.05) is 17.8 Å². The second-order valence-corrected chi connectivity index (χ2v) is 3.35. The van der Waals surface area contributed by atoms with Gasteiger partial charge >= 0.3 is 0 Å². The summed E-state index contributed by atoms with van der Waals surface area (Å²) >= 11 is 5.68. The number of hydrogen-bond donors (Lipinski definition) is 2. The summed E-state index contributed by atoms with van der Waals surface area (Å²) in [5.74, 6) is -0.339. The van der Waals surface area contributed by atoms with Crippen molar-refractivity contribution in [1.82, 2.24) is 10.3 Å². The molecule has 1 heterocycles. The quantitative estimate of drug-likeness (QED) is 0.784. The molecule has 0 radical (unpaired) electrons. The number of carbonyl (C=O) groups is 1. The second kappa shape index (κ2) is 4.93. The molecule has 0 aromatic carbocycles. The molecule has 0 aliphatic rings. The van der Waals surface area contributed by atoms with Crippen molar-refractivity contribution < 1.29 is 9.90 Å². The number of nitrogens with zero attached hydrogens (tertiary/aromatic N) is 1. The van der Waals surface area contributed by atoms with Gasteiger partial charge in [0.2, 0.25) is 0 Å². The summed E-state index contributed by atoms with van der Waals surface area (Å²) in [6.45, 7) is 1.79. The number of aromatic nitrogens is 1. The van der Waals surface area contributed by atoms with Gasteiger partial charge in [-0.2, -0.15) is 0 Å². The molecule has 1 aromatic rings. The average molecular weight is 215 g/mol. The number of halogens is 1. The van der Waals surface area contributed by atoms with Crippen molar-refractivity contribution >= 4 is 17.5 Å². The van der Waals surface area contributed by atoms with Crippen molar-refractivity contribution in [2.75, 3.05) is 6.54 Å². The topological polar surface area (TPSA) is 62.2 Å². The zero-order chi connectivity index (χ0) is 10.6. The van der Waals surface area contributed by atoms with Crippen molar-refractivity contribution in [3.63, 3.8) is 0 Å². The number of rotatable bonds is 3. The number of carbonyl (C=O) groups excluding carboxylic acids is 1. The number of nitrogens with one attached hydrogen (secondary N) is 1. The molecule has 0 fully saturated rings. The van der Waals surface area contributed by atoms with E-state index in [-0.39, 0.29) is 18.1 Å². The zero-order valence-corrected chi connectivity index (χ0v) is 8.45. The normalized spacial score (nSPS) is 12.2. The van der Waals surface area contributed by atoms with Gasteiger partial charge in [-0.25, -0.2) is 0 Å². The fourth-order valence-electron chi connectivity index (χ4n) is 0.860. The van der Waals surface area contributed by atoms with E-state index in [1.807, 2.05) is 0 Å². The highest BCUT2D eigenvalue weighted by molar-refractivity contribution is 6.30. The van der Waals surface area contributed by atoms with Crippen LogP contribution in [-0.2, 0) is 0 Å². The molecule has 1 amide bonds. The molecule has 0 spiro atoms. The highest BCUT2D eigenvalue weighted by Crippen LogP contribution is 2.07. The third-order valence-electron chi connectivity index (χ3n) is 1.51. The van der Waals surface area contributed by atoms with E-state index >= 15 is 0 Å². The molecular weight excluding hydrogens is 204 g/mol. The fourth-order valence-corrected chi connectivity index (χ4v) is 1.02. The molecule has 0 aliphatic heterocycles. The van der Waals surface area contributed by atoms with Crippen LogP contribution >= 0.6 is 11.6 Å². The third kappa shape index (κ3) is 3.32. The Labute approximate surface area is 86.9 Å². The molecule has 0 aliphatic carbocycles. The maximum absolute atomic E-state index is 11.4. The maximum Gasteiger partial charge on any atom is 0.270 e. The van der Waals surface area contributed by atoms with Crippen LogP contribution in [0.3, 0.4) is 0 Å². The smallest absolute Gasteiger partial charge is 0.270 e. The highest BCUT2D eigenvalue weighted by atomic mass is 35.5. The molecule has 1 rings (SSSR count). The van der Waals surface area contributed by atoms with Crippen molar-refractivity contribution in [2.24, 2.45) is 0 Å². The molecule has 0 saturated carbocycles. The molecule has 1 aromatic heterocycles. The van der Waals surface area contributed by atoms with Crippen LogP contribution in [-0.4, -0.2) is 28.6 Å². The Morgan fingerprint density at radius 3 is 3.07 bits per heavy atom. The first-order valence-corrected chi connectivity index (χ1v) is 4.55. The lowest BCUT2D eigenvalue weighted by molar-refractivity contribution is 0.0919. The molecule has 0 bridgehead atoms. The Morgan fingerprint density at radius 2 is 2.50 bits per heavy atom. The van der Waals surface area contributed by atoms with Gasteiger partial charge in [-0.15, -0.1) is 0 Å². The van der Waals surface area contributed by atoms with Gasteiger partial charge in [-0.05, 0) is 19.1 Å². The largest absolute Gasteiger partial charge is 0.392 e. The number of aliphatic hydroxyl groups excluding tert-OH is 1. The van der Waals surface area contributed by atoms with E-state index in [4.69, 9.17) is 16.7 Å². The van der Waals surface area contributed by atoms with Crippen LogP contribution in [0, 0.1) is 0 Å². The van der Waals surface area contributed by atoms with Crippen LogP contribution in [0.4, 0.5) is 0 Å². The number of amides is 1. The highest BCUT2D eigenvalue weighted by Gasteiger charge is 2.07. The fraction of sp³-hybridized carbons (Fsp3) is 0.333. The van der Waals surface area contributed by atoms with Crippen LogP contribution in [0.5, 0.6) is 0 Å². The predicted molar refractivity (Wildman–Crippen MR) is 53.3 cm³/mol. The van der Waals surface area contributed by atoms with E-state index in [0.29, 0.717) is 5.02 Å². The van der Waals surface area contributed by atoms with E-state index in [1.165, 1.54) is 12.3 Å². The van der Waals surface area contributed by atoms with Gasteiger partial charge in [0.15, 0.2) is 0 Å². The van der Waals surface area contributed by atoms with E-state index < -0.39 is 6.10 Å². The van der Waals surface area contributed by atoms with Crippen LogP contribution in [0.25, 0.3) is 0 Å². The lowest BCUT2D eigenvalue weighted by Crippen LogP contribution is -2.31. The molecule has 1 atom stereocenters. The molecule has 2 N–H and O–H groups in total. The minimum absolute atomic E-state index is 0.201. The standard InChI is InChI=1S/C9H11ClN2O2/c1-6(13)5-12-9(14)8-4-7(10)2-3-11-8/h2-4,6,13H,5H2,1H3,(H,12,14)/t6-/m0/s1. The molecule has 0 saturated heterocycles. The summed E-state index contributed by atoms with van der Waals surface area (Å²) in [7, 11) is 0. The Morgan fingerprint density at radius 1 is 1.79 bits per heavy atom. The van der Waals surface area contributed by atoms with Gasteiger partial charge < -0.3 is 10.4 Å². The van der Waals surface area contributed by atoms with Gasteiger partial charge in [0.1, 0.15) is 5.69 Å². The van der Waals surface area contributed by atoms with Crippen LogP contribution < -0.4 is 5.32 Å². The van der Waals surface area contributed by atoms with Crippen molar-refractivity contribution in [3.8, 4) is 0 Å². The Balaban J connectivity index is 2.61. The molecule has 76 valence electrons. The maximum atomic E-state index is 11.4. The Hall–Kier alpha value is -1.13. The summed E-state index contributed by atoms with van der Waals surface area (Å²) in [6, 6.07) is 3.06. The summed E-state index contributed by atoms with van der Waals surface area (Å²) < 4.78 is 0. The van der Waals surface area contributed by atoms with E-state index in [0.717, 1.165) is 0 Å². The molecular formula is C9H11ClN2O2. The van der Waals surface area contributed by atoms with Crippen molar-refractivity contribution in [1.29, 1.82) is 0 Å². The molecule has 5 heteroatoms. The Bertz CT molecular complexity index is 328. The molecule has 0 unspecified atom stereocenters. The van der Waals surface area contributed by atoms with Crippen molar-refractivity contribution in [3.05, 3.63) is 29.0 Å². The third-order valence-corrected chi connectivity index (χ3v) is 1.75. The van der Waals surface area contributed by atoms with Crippen LogP contribution in [0.2, 0.25) is 5.02 Å². The SMILES string of the molecule is C[C@H](O)CNC(=O)c1cc(Cl)ccn1. The Kier molecular flexibility index (Phi) is 3.85. The van der Waals surface area contributed by atoms with E-state index in [1.54, 1.807) is 13.0 Å². The van der Waals surface area contributed by atoms with Gasteiger partial charge in [0.25, 0.3) is 5.91 Å². The number of hydrogen-bond acceptors (Lipinski definition) is 3. The summed E-state index contributed by atoms with van der Waals surface area (Å²) in [6.07, 6.45) is 0.887. The monoisotopic (exact) mass is 214 g/mol. The van der Waals surface area contributed by atoms with Gasteiger partial charge in [-0.1, -0.05) is 11.6 Å². The molecule has 14 heavy (non-hydrogen) atoms. The van der Waals surface area contributed by atoms with Gasteiger partial charge in [-0.3, -0.25) is 9.78 Å². The first-order valence-electron chi connectivity index (χ1n) is 4.17. The number of pyridine rings is 1. The summed E-state index contributed by atoms with van der Waals surface area (Å²) in [4.78, 5) is 15.2. The van der Waals surface area contributed by atoms with E-state index in [9.17, 15) is 4.79 Å². The predicted octanol–water partition coefficient (Wildman–Crippen LogP) is 0.846. The summed E-state index contributed by atoms with van der Waals surface area (Å²) in [5, 5.41) is 11.9. The first kappa shape index (κ1) is 10.9. The van der Waals surface area contributed by atoms with Crippen LogP contribution in [0.15, 0.2) is 18.3 Å². The lowest BCUT2D eigenvalue weighted by Gasteiger charge is -2.06.